The molecule has 1 heterocycles. The topological polar surface area (TPSA) is 86.7 Å². The lowest BCUT2D eigenvalue weighted by Crippen LogP contribution is -2.29. The minimum Gasteiger partial charge on any atom is -0.393 e. The minimum absolute atomic E-state index is 0.0249. The van der Waals surface area contributed by atoms with Gasteiger partial charge in [0.2, 0.25) is 0 Å². The third-order valence-electron chi connectivity index (χ3n) is 7.59. The van der Waals surface area contributed by atoms with Crippen molar-refractivity contribution < 1.29 is 28.7 Å². The quantitative estimate of drug-likeness (QED) is 0.437. The molecule has 1 aromatic rings. The second-order valence-corrected chi connectivity index (χ2v) is 9.10. The van der Waals surface area contributed by atoms with Gasteiger partial charge in [0.1, 0.15) is 0 Å². The number of hydrogen-bond acceptors (Lipinski definition) is 6. The number of hydrogen-bond donors (Lipinski definition) is 0. The Bertz CT molecular complexity index is 1070. The van der Waals surface area contributed by atoms with Crippen molar-refractivity contribution in [3.05, 3.63) is 59.2 Å². The highest BCUT2D eigenvalue weighted by Crippen LogP contribution is 2.54. The van der Waals surface area contributed by atoms with E-state index in [2.05, 4.69) is 23.0 Å². The van der Waals surface area contributed by atoms with Crippen LogP contribution >= 0.6 is 0 Å². The Balaban J connectivity index is 1.19. The average Bonchev–Trinajstić information content (AvgIpc) is 3.55. The van der Waals surface area contributed by atoms with Crippen LogP contribution in [0.4, 0.5) is 0 Å². The lowest BCUT2D eigenvalue weighted by Gasteiger charge is -2.21. The van der Waals surface area contributed by atoms with E-state index in [1.807, 2.05) is 12.1 Å². The van der Waals surface area contributed by atoms with Crippen molar-refractivity contribution in [2.75, 3.05) is 0 Å². The van der Waals surface area contributed by atoms with Gasteiger partial charge < -0.3 is 9.47 Å². The molecule has 152 valence electrons. The molecule has 0 saturated heterocycles. The van der Waals surface area contributed by atoms with Crippen molar-refractivity contribution >= 4 is 23.9 Å². The summed E-state index contributed by atoms with van der Waals surface area (Å²) in [7, 11) is 0. The highest BCUT2D eigenvalue weighted by molar-refractivity contribution is 6.14. The summed E-state index contributed by atoms with van der Waals surface area (Å²) >= 11 is 0. The molecule has 6 rings (SSSR count). The summed E-state index contributed by atoms with van der Waals surface area (Å²) in [5, 5.41) is 0. The number of benzene rings is 1. The van der Waals surface area contributed by atoms with Crippen LogP contribution in [0, 0.1) is 35.5 Å². The van der Waals surface area contributed by atoms with Gasteiger partial charge in [0.25, 0.3) is 0 Å². The molecule has 1 aromatic carbocycles. The van der Waals surface area contributed by atoms with Gasteiger partial charge in [-0.25, -0.2) is 9.59 Å². The number of ether oxygens (including phenoxy) is 2. The van der Waals surface area contributed by atoms with E-state index in [-0.39, 0.29) is 52.6 Å². The predicted octanol–water partition coefficient (Wildman–Crippen LogP) is 3.18. The molecule has 2 fully saturated rings. The zero-order valence-electron chi connectivity index (χ0n) is 16.2. The van der Waals surface area contributed by atoms with E-state index in [4.69, 9.17) is 4.74 Å². The van der Waals surface area contributed by atoms with E-state index in [0.717, 1.165) is 18.4 Å². The molecule has 7 unspecified atom stereocenters. The van der Waals surface area contributed by atoms with Crippen LogP contribution in [0.5, 0.6) is 0 Å². The molecule has 4 bridgehead atoms. The van der Waals surface area contributed by atoms with E-state index in [1.54, 1.807) is 12.1 Å². The molecular weight excluding hydrogens is 384 g/mol. The average molecular weight is 404 g/mol. The lowest BCUT2D eigenvalue weighted by molar-refractivity contribution is -0.166. The molecule has 6 nitrogen and oxygen atoms in total. The number of rotatable bonds is 3. The molecule has 0 aromatic heterocycles. The molecule has 0 N–H and O–H groups in total. The number of carbonyl (C=O) groups is 4. The van der Waals surface area contributed by atoms with E-state index < -0.39 is 17.9 Å². The van der Waals surface area contributed by atoms with Gasteiger partial charge in [0, 0.05) is 0 Å². The molecular formula is C24H20O6. The molecule has 5 aliphatic rings. The van der Waals surface area contributed by atoms with Crippen LogP contribution in [0.1, 0.15) is 51.5 Å². The van der Waals surface area contributed by atoms with Gasteiger partial charge >= 0.3 is 23.9 Å². The van der Waals surface area contributed by atoms with Crippen molar-refractivity contribution in [3.63, 3.8) is 0 Å². The van der Waals surface area contributed by atoms with Crippen LogP contribution in [0.25, 0.3) is 0 Å². The molecule has 7 atom stereocenters. The Morgan fingerprint density at radius 1 is 0.833 bits per heavy atom. The summed E-state index contributed by atoms with van der Waals surface area (Å²) < 4.78 is 10.0. The van der Waals surface area contributed by atoms with Gasteiger partial charge in [-0.15, -0.1) is 0 Å². The molecule has 0 amide bonds. The Morgan fingerprint density at radius 3 is 2.37 bits per heavy atom. The normalized spacial score (nSPS) is 37.0. The molecule has 0 spiro atoms. The Morgan fingerprint density at radius 2 is 1.60 bits per heavy atom. The van der Waals surface area contributed by atoms with E-state index >= 15 is 0 Å². The fourth-order valence-electron chi connectivity index (χ4n) is 6.19. The summed E-state index contributed by atoms with van der Waals surface area (Å²) in [6, 6.07) is 5.16. The molecule has 6 heteroatoms. The van der Waals surface area contributed by atoms with E-state index in [9.17, 15) is 19.2 Å². The molecule has 1 aliphatic heterocycles. The summed E-state index contributed by atoms with van der Waals surface area (Å²) in [5.41, 5.74) is 1.46. The van der Waals surface area contributed by atoms with Crippen molar-refractivity contribution in [2.24, 2.45) is 35.5 Å². The van der Waals surface area contributed by atoms with E-state index in [0.29, 0.717) is 12.3 Å². The van der Waals surface area contributed by atoms with Crippen molar-refractivity contribution in [2.45, 2.75) is 25.2 Å². The fourth-order valence-corrected chi connectivity index (χ4v) is 6.19. The monoisotopic (exact) mass is 404 g/mol. The second kappa shape index (κ2) is 6.24. The largest absolute Gasteiger partial charge is 0.393 e. The zero-order chi connectivity index (χ0) is 20.6. The first-order valence-corrected chi connectivity index (χ1v) is 10.5. The third kappa shape index (κ3) is 2.49. The Hall–Kier alpha value is -3.02. The first kappa shape index (κ1) is 17.8. The van der Waals surface area contributed by atoms with Gasteiger partial charge in [-0.1, -0.05) is 30.4 Å². The van der Waals surface area contributed by atoms with Crippen LogP contribution in [0.2, 0.25) is 0 Å². The van der Waals surface area contributed by atoms with Crippen LogP contribution in [0.3, 0.4) is 0 Å². The number of esters is 4. The van der Waals surface area contributed by atoms with Crippen molar-refractivity contribution in [1.29, 1.82) is 0 Å². The predicted molar refractivity (Wildman–Crippen MR) is 103 cm³/mol. The lowest BCUT2D eigenvalue weighted by atomic mass is 9.85. The zero-order valence-corrected chi connectivity index (χ0v) is 16.2. The van der Waals surface area contributed by atoms with Gasteiger partial charge in [-0.05, 0) is 66.5 Å². The van der Waals surface area contributed by atoms with E-state index in [1.165, 1.54) is 0 Å². The minimum atomic E-state index is -0.628. The molecule has 4 aliphatic carbocycles. The first-order chi connectivity index (χ1) is 14.5. The van der Waals surface area contributed by atoms with Gasteiger partial charge in [-0.2, -0.15) is 0 Å². The highest BCUT2D eigenvalue weighted by Gasteiger charge is 2.50. The number of fused-ring (bicyclic) bond motifs is 5. The summed E-state index contributed by atoms with van der Waals surface area (Å²) in [6.07, 6.45) is 10.7. The third-order valence-corrected chi connectivity index (χ3v) is 7.59. The number of cyclic esters (lactones) is 2. The van der Waals surface area contributed by atoms with Crippen LogP contribution in [-0.2, 0) is 19.1 Å². The molecule has 0 radical (unpaired) electrons. The maximum Gasteiger partial charge on any atom is 0.346 e. The highest BCUT2D eigenvalue weighted by atomic mass is 16.6. The van der Waals surface area contributed by atoms with Gasteiger partial charge in [0.15, 0.2) is 0 Å². The number of carbonyl (C=O) groups excluding carboxylic acids is 4. The first-order valence-electron chi connectivity index (χ1n) is 10.5. The summed E-state index contributed by atoms with van der Waals surface area (Å²) in [6.45, 7) is 0. The maximum atomic E-state index is 12.9. The summed E-state index contributed by atoms with van der Waals surface area (Å²) in [4.78, 5) is 49.0. The Labute approximate surface area is 172 Å². The van der Waals surface area contributed by atoms with Crippen LogP contribution in [0.15, 0.2) is 42.5 Å². The molecule has 30 heavy (non-hydrogen) atoms. The standard InChI is InChI=1S/C24H20O6/c25-21-16-6-4-14(10-19(16)24(28)29-21)20-13-3-5-15(20)18(9-13)23(27)30-22(26)17-8-11-1-2-12(17)7-11/h1-6,10-13,15,17-18,20H,7-9H2. The SMILES string of the molecule is O=C1OC(=O)c2cc(C3C4C=CC3C(C(=O)OC(=O)C3CC5C=CC3C5)C4)ccc21. The van der Waals surface area contributed by atoms with Gasteiger partial charge in [0.05, 0.1) is 23.0 Å². The molecule has 2 saturated carbocycles. The fraction of sp³-hybridized carbons (Fsp3) is 0.417. The number of allylic oxidation sites excluding steroid dienone is 4. The second-order valence-electron chi connectivity index (χ2n) is 9.10. The summed E-state index contributed by atoms with van der Waals surface area (Å²) in [5.74, 6) is -1.92. The van der Waals surface area contributed by atoms with Crippen LogP contribution in [-0.4, -0.2) is 23.9 Å². The van der Waals surface area contributed by atoms with Crippen LogP contribution < -0.4 is 0 Å². The van der Waals surface area contributed by atoms with Crippen molar-refractivity contribution in [3.8, 4) is 0 Å². The Kier molecular flexibility index (Phi) is 3.70. The van der Waals surface area contributed by atoms with Crippen molar-refractivity contribution in [1.82, 2.24) is 0 Å². The smallest absolute Gasteiger partial charge is 0.346 e. The maximum absolute atomic E-state index is 12.9. The van der Waals surface area contributed by atoms with Gasteiger partial charge in [-0.3, -0.25) is 9.59 Å².